The Morgan fingerprint density at radius 2 is 1.14 bits per heavy atom. The van der Waals surface area contributed by atoms with Gasteiger partial charge >= 0.3 is 19.5 Å². The van der Waals surface area contributed by atoms with Crippen LogP contribution in [0.4, 0.5) is 0 Å². The number of carbonyl (C=O) groups excluding carboxylic acids is 3. The number of carbonyl (C=O) groups is 3. The van der Waals surface area contributed by atoms with Gasteiger partial charge in [0, 0.05) is 26.7 Å². The summed E-state index contributed by atoms with van der Waals surface area (Å²) in [5, 5.41) is 0. The molecule has 0 radical (unpaired) electrons. The zero-order chi connectivity index (χ0) is 25.8. The molecule has 0 bridgehead atoms. The molecule has 212 valence electrons. The van der Waals surface area contributed by atoms with Crippen LogP contribution < -0.4 is 0 Å². The van der Waals surface area contributed by atoms with E-state index in [9.17, 15) is 18.9 Å². The molecule has 0 atom stereocenters. The number of methoxy groups -OCH3 is 2. The Balaban J connectivity index is -0.0000000914. The normalized spacial score (nSPS) is 10.5. The molecule has 8 nitrogen and oxygen atoms in total. The summed E-state index contributed by atoms with van der Waals surface area (Å²) in [6.07, 6.45) is 23.0. The largest absolute Gasteiger partial charge is 0.469 e. The summed E-state index contributed by atoms with van der Waals surface area (Å²) in [5.74, 6) is -0.908. The lowest BCUT2D eigenvalue weighted by atomic mass is 10.2. The van der Waals surface area contributed by atoms with Gasteiger partial charge in [-0.05, 0) is 33.1 Å². The fraction of sp³-hybridized carbons (Fsp3) is 0.519. The number of ether oxygens (including phenoxy) is 2. The summed E-state index contributed by atoms with van der Waals surface area (Å²) in [5.41, 5.74) is 0. The SMILES string of the molecule is C.C.C.C/C=C/C=C\CC/C=C/C(=O)OC.C/C=C/C=C\CCC=O.COC(=O)CP(=O)(OC)OC. The molecule has 0 aliphatic rings. The second-order valence-electron chi connectivity index (χ2n) is 5.87. The number of aldehydes is 1. The Morgan fingerprint density at radius 1 is 0.694 bits per heavy atom. The van der Waals surface area contributed by atoms with Gasteiger partial charge < -0.3 is 23.3 Å². The molecule has 0 N–H and O–H groups in total. The first-order valence-electron chi connectivity index (χ1n) is 10.3. The Labute approximate surface area is 220 Å². The quantitative estimate of drug-likeness (QED) is 0.0606. The van der Waals surface area contributed by atoms with E-state index in [1.165, 1.54) is 34.5 Å². The van der Waals surface area contributed by atoms with Crippen LogP contribution in [-0.4, -0.2) is 52.8 Å². The van der Waals surface area contributed by atoms with Crippen molar-refractivity contribution in [3.8, 4) is 0 Å². The molecule has 0 spiro atoms. The van der Waals surface area contributed by atoms with Crippen LogP contribution in [0.2, 0.25) is 0 Å². The smallest absolute Gasteiger partial charge is 0.341 e. The van der Waals surface area contributed by atoms with Crippen molar-refractivity contribution in [3.63, 3.8) is 0 Å². The van der Waals surface area contributed by atoms with Gasteiger partial charge in [0.15, 0.2) is 0 Å². The van der Waals surface area contributed by atoms with Crippen LogP contribution in [-0.2, 0) is 37.5 Å². The molecule has 0 unspecified atom stereocenters. The number of hydrogen-bond donors (Lipinski definition) is 0. The first kappa shape index (κ1) is 46.8. The van der Waals surface area contributed by atoms with Crippen molar-refractivity contribution in [1.29, 1.82) is 0 Å². The summed E-state index contributed by atoms with van der Waals surface area (Å²) in [7, 11) is 1.78. The van der Waals surface area contributed by atoms with Crippen molar-refractivity contribution in [1.82, 2.24) is 0 Å². The topological polar surface area (TPSA) is 105 Å². The maximum absolute atomic E-state index is 11.2. The minimum absolute atomic E-state index is 0. The van der Waals surface area contributed by atoms with Crippen LogP contribution >= 0.6 is 7.60 Å². The Bertz CT molecular complexity index is 684. The van der Waals surface area contributed by atoms with Gasteiger partial charge in [0.05, 0.1) is 14.2 Å². The molecule has 0 heterocycles. The van der Waals surface area contributed by atoms with Gasteiger partial charge in [0.1, 0.15) is 12.4 Å². The first-order chi connectivity index (χ1) is 15.8. The van der Waals surface area contributed by atoms with E-state index in [1.807, 2.05) is 62.5 Å². The van der Waals surface area contributed by atoms with Crippen molar-refractivity contribution in [3.05, 3.63) is 60.8 Å². The molecule has 0 rings (SSSR count). The van der Waals surface area contributed by atoms with E-state index in [4.69, 9.17) is 0 Å². The lowest BCUT2D eigenvalue weighted by molar-refractivity contribution is -0.138. The van der Waals surface area contributed by atoms with Crippen LogP contribution in [0.15, 0.2) is 60.8 Å². The lowest BCUT2D eigenvalue weighted by Crippen LogP contribution is -2.08. The number of unbranched alkanes of at least 4 members (excludes halogenated alkanes) is 2. The van der Waals surface area contributed by atoms with Gasteiger partial charge in [-0.25, -0.2) is 4.79 Å². The summed E-state index contributed by atoms with van der Waals surface area (Å²) >= 11 is 0. The predicted molar refractivity (Wildman–Crippen MR) is 152 cm³/mol. The second kappa shape index (κ2) is 37.0. The molecule has 0 saturated heterocycles. The van der Waals surface area contributed by atoms with E-state index in [-0.39, 0.29) is 34.4 Å². The molecule has 0 aromatic heterocycles. The van der Waals surface area contributed by atoms with Gasteiger partial charge in [-0.2, -0.15) is 0 Å². The number of allylic oxidation sites excluding steroid dienone is 9. The molecule has 0 fully saturated rings. The van der Waals surface area contributed by atoms with Crippen molar-refractivity contribution >= 4 is 25.8 Å². The van der Waals surface area contributed by atoms with Crippen LogP contribution in [0.25, 0.3) is 0 Å². The highest BCUT2D eigenvalue weighted by Crippen LogP contribution is 2.45. The molecule has 9 heteroatoms. The standard InChI is InChI=1S/C11H16O2.C8H12O.C5H11O5P.3CH4/c1-3-4-5-6-7-8-9-10-11(12)13-2;1-2-3-4-5-6-7-8-9;1-8-5(6)4-11(7,9-2)10-3;;;/h3-6,9-10H,7-8H2,1-2H3;2-5,8H,6-7H2,1H3;4H2,1-3H3;3*1H4/b4-3+,6-5-,10-9+;3-2+,5-4-;;;;. The number of rotatable bonds is 13. The highest BCUT2D eigenvalue weighted by atomic mass is 31.2. The number of hydrogen-bond acceptors (Lipinski definition) is 8. The fourth-order valence-corrected chi connectivity index (χ4v) is 2.46. The minimum Gasteiger partial charge on any atom is -0.469 e. The molecular weight excluding hydrogens is 483 g/mol. The van der Waals surface area contributed by atoms with E-state index >= 15 is 0 Å². The van der Waals surface area contributed by atoms with Crippen molar-refractivity contribution in [2.45, 2.75) is 61.8 Å². The van der Waals surface area contributed by atoms with Crippen LogP contribution in [0, 0.1) is 0 Å². The third-order valence-electron chi connectivity index (χ3n) is 3.39. The highest BCUT2D eigenvalue weighted by Gasteiger charge is 2.25. The van der Waals surface area contributed by atoms with Crippen LogP contribution in [0.5, 0.6) is 0 Å². The van der Waals surface area contributed by atoms with Gasteiger partial charge in [0.2, 0.25) is 0 Å². The molecule has 0 aliphatic heterocycles. The Hall–Kier alpha value is -2.54. The van der Waals surface area contributed by atoms with E-state index in [2.05, 4.69) is 24.6 Å². The average molecular weight is 535 g/mol. The molecule has 36 heavy (non-hydrogen) atoms. The Kier molecular flexibility index (Phi) is 48.1. The van der Waals surface area contributed by atoms with Crippen LogP contribution in [0.3, 0.4) is 0 Å². The van der Waals surface area contributed by atoms with Gasteiger partial charge in [0.25, 0.3) is 0 Å². The highest BCUT2D eigenvalue weighted by molar-refractivity contribution is 7.54. The fourth-order valence-electron chi connectivity index (χ4n) is 1.60. The molecule has 0 aromatic rings. The molecule has 0 aromatic carbocycles. The van der Waals surface area contributed by atoms with Crippen molar-refractivity contribution < 1.29 is 37.5 Å². The van der Waals surface area contributed by atoms with Gasteiger partial charge in [-0.1, -0.05) is 77.0 Å². The minimum atomic E-state index is -3.23. The summed E-state index contributed by atoms with van der Waals surface area (Å²) in [6, 6.07) is 0. The average Bonchev–Trinajstić information content (AvgIpc) is 2.83. The maximum Gasteiger partial charge on any atom is 0.341 e. The predicted octanol–water partition coefficient (Wildman–Crippen LogP) is 7.28. The molecular formula is C27H51O8P. The molecule has 0 aliphatic carbocycles. The summed E-state index contributed by atoms with van der Waals surface area (Å²) in [6.45, 7) is 3.94. The van der Waals surface area contributed by atoms with E-state index in [0.717, 1.165) is 25.5 Å². The van der Waals surface area contributed by atoms with Crippen LogP contribution in [0.1, 0.15) is 61.8 Å². The first-order valence-corrected chi connectivity index (χ1v) is 12.0. The molecule has 0 saturated carbocycles. The zero-order valence-corrected chi connectivity index (χ0v) is 21.5. The monoisotopic (exact) mass is 534 g/mol. The van der Waals surface area contributed by atoms with E-state index in [1.54, 1.807) is 0 Å². The third kappa shape index (κ3) is 38.7. The second-order valence-corrected chi connectivity index (χ2v) is 8.13. The van der Waals surface area contributed by atoms with E-state index < -0.39 is 13.6 Å². The number of esters is 2. The summed E-state index contributed by atoms with van der Waals surface area (Å²) in [4.78, 5) is 31.0. The molecule has 0 amide bonds. The van der Waals surface area contributed by atoms with Crippen molar-refractivity contribution in [2.75, 3.05) is 34.6 Å². The zero-order valence-electron chi connectivity index (χ0n) is 20.6. The maximum atomic E-state index is 11.2. The summed E-state index contributed by atoms with van der Waals surface area (Å²) < 4.78 is 28.9. The van der Waals surface area contributed by atoms with Crippen molar-refractivity contribution in [2.24, 2.45) is 0 Å². The van der Waals surface area contributed by atoms with E-state index in [0.29, 0.717) is 6.42 Å². The lowest BCUT2D eigenvalue weighted by Gasteiger charge is -2.10. The van der Waals surface area contributed by atoms with Gasteiger partial charge in [-0.3, -0.25) is 9.36 Å². The van der Waals surface area contributed by atoms with Gasteiger partial charge in [-0.15, -0.1) is 0 Å². The third-order valence-corrected chi connectivity index (χ3v) is 5.15. The Morgan fingerprint density at radius 3 is 1.50 bits per heavy atom.